The molecule has 1 aliphatic heterocycles. The van der Waals surface area contributed by atoms with Gasteiger partial charge in [-0.05, 0) is 39.0 Å². The molecule has 2 heterocycles. The van der Waals surface area contributed by atoms with Crippen LogP contribution < -0.4 is 15.0 Å². The molecule has 0 spiro atoms. The van der Waals surface area contributed by atoms with Gasteiger partial charge in [0.2, 0.25) is 5.95 Å². The maximum absolute atomic E-state index is 12.7. The van der Waals surface area contributed by atoms with Gasteiger partial charge >= 0.3 is 0 Å². The highest BCUT2D eigenvalue weighted by Gasteiger charge is 2.18. The molecule has 0 atom stereocenters. The Morgan fingerprint density at radius 2 is 1.96 bits per heavy atom. The normalized spacial score (nSPS) is 14.4. The molecule has 138 valence electrons. The number of nitrogens with zero attached hydrogens (tertiary/aromatic N) is 3. The summed E-state index contributed by atoms with van der Waals surface area (Å²) in [5.41, 5.74) is 1.70. The lowest BCUT2D eigenvalue weighted by Crippen LogP contribution is -2.37. The van der Waals surface area contributed by atoms with Gasteiger partial charge in [-0.1, -0.05) is 12.1 Å². The van der Waals surface area contributed by atoms with Crippen molar-refractivity contribution in [2.75, 3.05) is 36.5 Å². The molecule has 1 fully saturated rings. The number of morpholine rings is 1. The molecule has 26 heavy (non-hydrogen) atoms. The topological polar surface area (TPSA) is 76.6 Å². The van der Waals surface area contributed by atoms with Gasteiger partial charge in [0.1, 0.15) is 11.4 Å². The molecule has 0 radical (unpaired) electrons. The quantitative estimate of drug-likeness (QED) is 0.888. The van der Waals surface area contributed by atoms with Gasteiger partial charge in [-0.25, -0.2) is 9.97 Å². The lowest BCUT2D eigenvalue weighted by atomic mass is 10.2. The highest BCUT2D eigenvalue weighted by molar-refractivity contribution is 6.03. The molecule has 0 saturated carbocycles. The molecule has 1 N–H and O–H groups in total. The SMILES string of the molecule is Cc1cc(C(=O)Nc2ccccc2OC(C)C)nc(N2CCOCC2)n1. The first kappa shape index (κ1) is 18.1. The average molecular weight is 356 g/mol. The fourth-order valence-corrected chi connectivity index (χ4v) is 2.69. The summed E-state index contributed by atoms with van der Waals surface area (Å²) < 4.78 is 11.1. The smallest absolute Gasteiger partial charge is 0.274 e. The first-order valence-electron chi connectivity index (χ1n) is 8.78. The van der Waals surface area contributed by atoms with Gasteiger partial charge in [0.05, 0.1) is 25.0 Å². The minimum atomic E-state index is -0.287. The molecule has 0 bridgehead atoms. The van der Waals surface area contributed by atoms with E-state index >= 15 is 0 Å². The molecular weight excluding hydrogens is 332 g/mol. The molecule has 0 unspecified atom stereocenters. The molecular formula is C19H24N4O3. The second-order valence-electron chi connectivity index (χ2n) is 6.41. The summed E-state index contributed by atoms with van der Waals surface area (Å²) >= 11 is 0. The van der Waals surface area contributed by atoms with Gasteiger partial charge in [-0.3, -0.25) is 4.79 Å². The minimum Gasteiger partial charge on any atom is -0.489 e. The van der Waals surface area contributed by atoms with E-state index in [-0.39, 0.29) is 12.0 Å². The average Bonchev–Trinajstić information content (AvgIpc) is 2.63. The van der Waals surface area contributed by atoms with Gasteiger partial charge in [-0.15, -0.1) is 0 Å². The van der Waals surface area contributed by atoms with Gasteiger partial charge < -0.3 is 19.7 Å². The summed E-state index contributed by atoms with van der Waals surface area (Å²) in [5.74, 6) is 0.907. The number of hydrogen-bond donors (Lipinski definition) is 1. The summed E-state index contributed by atoms with van der Waals surface area (Å²) in [4.78, 5) is 23.7. The van der Waals surface area contributed by atoms with Crippen LogP contribution in [0.2, 0.25) is 0 Å². The van der Waals surface area contributed by atoms with E-state index in [2.05, 4.69) is 15.3 Å². The summed E-state index contributed by atoms with van der Waals surface area (Å²) in [6, 6.07) is 9.06. The van der Waals surface area contributed by atoms with Gasteiger partial charge in [0.15, 0.2) is 0 Å². The van der Waals surface area contributed by atoms with Crippen LogP contribution in [0.3, 0.4) is 0 Å². The summed E-state index contributed by atoms with van der Waals surface area (Å²) in [5, 5.41) is 2.89. The maximum Gasteiger partial charge on any atom is 0.274 e. The highest BCUT2D eigenvalue weighted by atomic mass is 16.5. The lowest BCUT2D eigenvalue weighted by Gasteiger charge is -2.27. The fourth-order valence-electron chi connectivity index (χ4n) is 2.69. The molecule has 1 amide bonds. The highest BCUT2D eigenvalue weighted by Crippen LogP contribution is 2.25. The predicted octanol–water partition coefficient (Wildman–Crippen LogP) is 2.66. The van der Waals surface area contributed by atoms with E-state index < -0.39 is 0 Å². The van der Waals surface area contributed by atoms with Crippen molar-refractivity contribution in [1.29, 1.82) is 0 Å². The van der Waals surface area contributed by atoms with Crippen molar-refractivity contribution in [1.82, 2.24) is 9.97 Å². The number of carbonyl (C=O) groups excluding carboxylic acids is 1. The molecule has 7 nitrogen and oxygen atoms in total. The Morgan fingerprint density at radius 1 is 1.23 bits per heavy atom. The van der Waals surface area contributed by atoms with Gasteiger partial charge in [0, 0.05) is 18.8 Å². The van der Waals surface area contributed by atoms with E-state index in [4.69, 9.17) is 9.47 Å². The van der Waals surface area contributed by atoms with Crippen molar-refractivity contribution in [3.05, 3.63) is 41.7 Å². The number of carbonyl (C=O) groups is 1. The van der Waals surface area contributed by atoms with Gasteiger partial charge in [0.25, 0.3) is 5.91 Å². The second-order valence-corrected chi connectivity index (χ2v) is 6.41. The van der Waals surface area contributed by atoms with E-state index in [0.717, 1.165) is 18.8 Å². The number of amides is 1. The largest absolute Gasteiger partial charge is 0.489 e. The van der Waals surface area contributed by atoms with Crippen molar-refractivity contribution >= 4 is 17.5 Å². The second kappa shape index (κ2) is 8.14. The molecule has 1 aromatic heterocycles. The number of hydrogen-bond acceptors (Lipinski definition) is 6. The number of para-hydroxylation sites is 2. The monoisotopic (exact) mass is 356 g/mol. The minimum absolute atomic E-state index is 0.0160. The Bertz CT molecular complexity index is 773. The Kier molecular flexibility index (Phi) is 5.68. The standard InChI is InChI=1S/C19H24N4O3/c1-13(2)26-17-7-5-4-6-15(17)21-18(24)16-12-14(3)20-19(22-16)23-8-10-25-11-9-23/h4-7,12-13H,8-11H2,1-3H3,(H,21,24). The fraction of sp³-hybridized carbons (Fsp3) is 0.421. The Hall–Kier alpha value is -2.67. The van der Waals surface area contributed by atoms with E-state index in [1.54, 1.807) is 6.07 Å². The summed E-state index contributed by atoms with van der Waals surface area (Å²) in [6.07, 6.45) is 0.0160. The van der Waals surface area contributed by atoms with Crippen molar-refractivity contribution in [2.45, 2.75) is 26.9 Å². The van der Waals surface area contributed by atoms with E-state index in [1.807, 2.05) is 49.9 Å². The van der Waals surface area contributed by atoms with Crippen LogP contribution in [0.4, 0.5) is 11.6 Å². The zero-order chi connectivity index (χ0) is 18.5. The van der Waals surface area contributed by atoms with Crippen molar-refractivity contribution < 1.29 is 14.3 Å². The lowest BCUT2D eigenvalue weighted by molar-refractivity contribution is 0.102. The summed E-state index contributed by atoms with van der Waals surface area (Å²) in [6.45, 7) is 8.46. The molecule has 7 heteroatoms. The van der Waals surface area contributed by atoms with Crippen LogP contribution in [0.5, 0.6) is 5.75 Å². The van der Waals surface area contributed by atoms with E-state index in [1.165, 1.54) is 0 Å². The number of ether oxygens (including phenoxy) is 2. The van der Waals surface area contributed by atoms with Crippen LogP contribution in [0.1, 0.15) is 30.0 Å². The zero-order valence-electron chi connectivity index (χ0n) is 15.4. The van der Waals surface area contributed by atoms with Crippen LogP contribution in [0, 0.1) is 6.92 Å². The Morgan fingerprint density at radius 3 is 2.69 bits per heavy atom. The van der Waals surface area contributed by atoms with Crippen molar-refractivity contribution in [3.63, 3.8) is 0 Å². The number of aryl methyl sites for hydroxylation is 1. The molecule has 2 aromatic rings. The van der Waals surface area contributed by atoms with Crippen molar-refractivity contribution in [2.24, 2.45) is 0 Å². The number of aromatic nitrogens is 2. The maximum atomic E-state index is 12.7. The molecule has 0 aliphatic carbocycles. The van der Waals surface area contributed by atoms with E-state index in [0.29, 0.717) is 36.3 Å². The van der Waals surface area contributed by atoms with Crippen LogP contribution >= 0.6 is 0 Å². The van der Waals surface area contributed by atoms with Crippen molar-refractivity contribution in [3.8, 4) is 5.75 Å². The third kappa shape index (κ3) is 4.49. The molecule has 3 rings (SSSR count). The third-order valence-electron chi connectivity index (χ3n) is 3.87. The number of benzene rings is 1. The molecule has 1 aliphatic rings. The molecule has 1 saturated heterocycles. The summed E-state index contributed by atoms with van der Waals surface area (Å²) in [7, 11) is 0. The number of rotatable bonds is 5. The van der Waals surface area contributed by atoms with Crippen LogP contribution in [-0.2, 0) is 4.74 Å². The van der Waals surface area contributed by atoms with Crippen LogP contribution in [-0.4, -0.2) is 48.3 Å². The first-order chi connectivity index (χ1) is 12.5. The van der Waals surface area contributed by atoms with Gasteiger partial charge in [-0.2, -0.15) is 0 Å². The zero-order valence-corrected chi connectivity index (χ0v) is 15.4. The van der Waals surface area contributed by atoms with Crippen LogP contribution in [0.25, 0.3) is 0 Å². The first-order valence-corrected chi connectivity index (χ1v) is 8.78. The predicted molar refractivity (Wildman–Crippen MR) is 100.0 cm³/mol. The molecule has 1 aromatic carbocycles. The van der Waals surface area contributed by atoms with E-state index in [9.17, 15) is 4.79 Å². The number of anilines is 2. The van der Waals surface area contributed by atoms with Crippen LogP contribution in [0.15, 0.2) is 30.3 Å². The Labute approximate surface area is 153 Å². The Balaban J connectivity index is 1.81. The third-order valence-corrected chi connectivity index (χ3v) is 3.87. The number of nitrogens with one attached hydrogen (secondary N) is 1.